The minimum atomic E-state index is -0.497. The lowest BCUT2D eigenvalue weighted by Gasteiger charge is -2.09. The molecule has 0 aliphatic rings. The molecule has 0 atom stereocenters. The molecule has 0 saturated carbocycles. The van der Waals surface area contributed by atoms with Crippen molar-refractivity contribution in [1.29, 1.82) is 0 Å². The summed E-state index contributed by atoms with van der Waals surface area (Å²) in [5, 5.41) is 11.8. The first kappa shape index (κ1) is 13.7. The lowest BCUT2D eigenvalue weighted by Crippen LogP contribution is -2.13. The van der Waals surface area contributed by atoms with E-state index in [0.717, 1.165) is 6.07 Å². The molecule has 0 aliphatic carbocycles. The molecular formula is C14H11BrFNO2. The number of para-hydroxylation sites is 1. The molecule has 5 heteroatoms. The zero-order valence-corrected chi connectivity index (χ0v) is 11.4. The van der Waals surface area contributed by atoms with Gasteiger partial charge in [-0.15, -0.1) is 0 Å². The highest BCUT2D eigenvalue weighted by atomic mass is 79.9. The average molecular weight is 324 g/mol. The van der Waals surface area contributed by atoms with Gasteiger partial charge in [0.2, 0.25) is 0 Å². The van der Waals surface area contributed by atoms with Crippen LogP contribution in [0.2, 0.25) is 0 Å². The van der Waals surface area contributed by atoms with Crippen LogP contribution < -0.4 is 5.32 Å². The summed E-state index contributed by atoms with van der Waals surface area (Å²) in [6.45, 7) is -0.175. The van der Waals surface area contributed by atoms with Gasteiger partial charge in [-0.1, -0.05) is 18.2 Å². The number of hydrogen-bond acceptors (Lipinski definition) is 2. The molecule has 0 radical (unpaired) electrons. The fourth-order valence-electron chi connectivity index (χ4n) is 1.61. The van der Waals surface area contributed by atoms with E-state index in [1.807, 2.05) is 0 Å². The van der Waals surface area contributed by atoms with Crippen LogP contribution in [0.4, 0.5) is 10.1 Å². The van der Waals surface area contributed by atoms with Gasteiger partial charge in [-0.3, -0.25) is 4.79 Å². The highest BCUT2D eigenvalue weighted by Crippen LogP contribution is 2.19. The van der Waals surface area contributed by atoms with Crippen molar-refractivity contribution in [3.63, 3.8) is 0 Å². The zero-order chi connectivity index (χ0) is 13.8. The summed E-state index contributed by atoms with van der Waals surface area (Å²) in [7, 11) is 0. The number of carbonyl (C=O) groups is 1. The quantitative estimate of drug-likeness (QED) is 0.910. The monoisotopic (exact) mass is 323 g/mol. The summed E-state index contributed by atoms with van der Waals surface area (Å²) in [5.41, 5.74) is 1.33. The van der Waals surface area contributed by atoms with Gasteiger partial charge < -0.3 is 10.4 Å². The maximum absolute atomic E-state index is 13.4. The van der Waals surface area contributed by atoms with Crippen LogP contribution in [0.15, 0.2) is 46.9 Å². The van der Waals surface area contributed by atoms with Gasteiger partial charge in [0.25, 0.3) is 5.91 Å². The first-order valence-electron chi connectivity index (χ1n) is 5.57. The number of halogens is 2. The predicted octanol–water partition coefficient (Wildman–Crippen LogP) is 3.33. The van der Waals surface area contributed by atoms with E-state index < -0.39 is 11.7 Å². The van der Waals surface area contributed by atoms with Crippen LogP contribution in [-0.4, -0.2) is 11.0 Å². The Bertz CT molecular complexity index is 616. The maximum Gasteiger partial charge on any atom is 0.255 e. The molecule has 0 unspecified atom stereocenters. The summed E-state index contributed by atoms with van der Waals surface area (Å²) >= 11 is 3.03. The fourth-order valence-corrected chi connectivity index (χ4v) is 1.86. The number of aliphatic hydroxyl groups is 1. The van der Waals surface area contributed by atoms with Crippen molar-refractivity contribution >= 4 is 27.5 Å². The Labute approximate surface area is 118 Å². The third-order valence-electron chi connectivity index (χ3n) is 2.62. The Kier molecular flexibility index (Phi) is 4.29. The maximum atomic E-state index is 13.4. The van der Waals surface area contributed by atoms with Gasteiger partial charge in [0.1, 0.15) is 5.82 Å². The number of aliphatic hydroxyl groups excluding tert-OH is 1. The second-order valence-corrected chi connectivity index (χ2v) is 4.75. The van der Waals surface area contributed by atoms with Crippen LogP contribution in [0.5, 0.6) is 0 Å². The van der Waals surface area contributed by atoms with Crippen LogP contribution in [0.25, 0.3) is 0 Å². The van der Waals surface area contributed by atoms with Crippen LogP contribution in [-0.2, 0) is 6.61 Å². The SMILES string of the molecule is O=C(Nc1ccccc1CO)c1ccc(Br)c(F)c1. The highest BCUT2D eigenvalue weighted by Gasteiger charge is 2.10. The molecule has 2 rings (SSSR count). The molecule has 0 heterocycles. The lowest BCUT2D eigenvalue weighted by molar-refractivity contribution is 0.102. The van der Waals surface area contributed by atoms with E-state index in [4.69, 9.17) is 5.11 Å². The topological polar surface area (TPSA) is 49.3 Å². The Morgan fingerprint density at radius 1 is 1.26 bits per heavy atom. The summed E-state index contributed by atoms with van der Waals surface area (Å²) in [6, 6.07) is 11.0. The fraction of sp³-hybridized carbons (Fsp3) is 0.0714. The van der Waals surface area contributed by atoms with Crippen molar-refractivity contribution in [3.05, 3.63) is 63.9 Å². The molecule has 1 amide bonds. The molecule has 2 aromatic rings. The van der Waals surface area contributed by atoms with E-state index in [2.05, 4.69) is 21.2 Å². The van der Waals surface area contributed by atoms with Crippen molar-refractivity contribution in [2.45, 2.75) is 6.61 Å². The van der Waals surface area contributed by atoms with Gasteiger partial charge in [0.05, 0.1) is 11.1 Å². The van der Waals surface area contributed by atoms with E-state index in [1.165, 1.54) is 12.1 Å². The molecule has 98 valence electrons. The smallest absolute Gasteiger partial charge is 0.255 e. The van der Waals surface area contributed by atoms with Crippen molar-refractivity contribution in [2.24, 2.45) is 0 Å². The van der Waals surface area contributed by atoms with E-state index in [9.17, 15) is 9.18 Å². The van der Waals surface area contributed by atoms with Crippen molar-refractivity contribution in [2.75, 3.05) is 5.32 Å². The Morgan fingerprint density at radius 3 is 2.68 bits per heavy atom. The van der Waals surface area contributed by atoms with Crippen molar-refractivity contribution < 1.29 is 14.3 Å². The van der Waals surface area contributed by atoms with Crippen LogP contribution in [0.1, 0.15) is 15.9 Å². The summed E-state index contributed by atoms with van der Waals surface area (Å²) < 4.78 is 13.7. The van der Waals surface area contributed by atoms with Crippen LogP contribution in [0.3, 0.4) is 0 Å². The van der Waals surface area contributed by atoms with Gasteiger partial charge in [-0.05, 0) is 40.2 Å². The van der Waals surface area contributed by atoms with E-state index in [1.54, 1.807) is 24.3 Å². The number of carbonyl (C=O) groups excluding carboxylic acids is 1. The second kappa shape index (κ2) is 5.95. The van der Waals surface area contributed by atoms with Gasteiger partial charge in [0, 0.05) is 16.8 Å². The predicted molar refractivity (Wildman–Crippen MR) is 74.4 cm³/mol. The molecule has 0 aliphatic heterocycles. The second-order valence-electron chi connectivity index (χ2n) is 3.90. The van der Waals surface area contributed by atoms with Crippen molar-refractivity contribution in [1.82, 2.24) is 0 Å². The highest BCUT2D eigenvalue weighted by molar-refractivity contribution is 9.10. The third kappa shape index (κ3) is 3.19. The number of nitrogens with one attached hydrogen (secondary N) is 1. The number of hydrogen-bond donors (Lipinski definition) is 2. The summed E-state index contributed by atoms with van der Waals surface area (Å²) in [6.07, 6.45) is 0. The molecule has 0 spiro atoms. The molecule has 0 aromatic heterocycles. The molecule has 0 bridgehead atoms. The first-order valence-corrected chi connectivity index (χ1v) is 6.36. The minimum absolute atomic E-state index is 0.175. The van der Waals surface area contributed by atoms with Gasteiger partial charge in [-0.2, -0.15) is 0 Å². The Hall–Kier alpha value is -1.72. The number of rotatable bonds is 3. The molecular weight excluding hydrogens is 313 g/mol. The third-order valence-corrected chi connectivity index (χ3v) is 3.26. The van der Waals surface area contributed by atoms with E-state index in [-0.39, 0.29) is 12.2 Å². The van der Waals surface area contributed by atoms with E-state index in [0.29, 0.717) is 15.7 Å². The zero-order valence-electron chi connectivity index (χ0n) is 9.86. The van der Waals surface area contributed by atoms with E-state index >= 15 is 0 Å². The number of amides is 1. The van der Waals surface area contributed by atoms with Crippen molar-refractivity contribution in [3.8, 4) is 0 Å². The molecule has 2 N–H and O–H groups in total. The normalized spacial score (nSPS) is 10.3. The molecule has 19 heavy (non-hydrogen) atoms. The molecule has 2 aromatic carbocycles. The Balaban J connectivity index is 2.23. The van der Waals surface area contributed by atoms with Crippen LogP contribution >= 0.6 is 15.9 Å². The van der Waals surface area contributed by atoms with Gasteiger partial charge in [-0.25, -0.2) is 4.39 Å². The molecule has 0 saturated heterocycles. The lowest BCUT2D eigenvalue weighted by atomic mass is 10.1. The van der Waals surface area contributed by atoms with Crippen LogP contribution in [0, 0.1) is 5.82 Å². The standard InChI is InChI=1S/C14H11BrFNO2/c15-11-6-5-9(7-12(11)16)14(19)17-13-4-2-1-3-10(13)8-18/h1-7,18H,8H2,(H,17,19). The first-order chi connectivity index (χ1) is 9.11. The number of benzene rings is 2. The minimum Gasteiger partial charge on any atom is -0.392 e. The summed E-state index contributed by atoms with van der Waals surface area (Å²) in [5.74, 6) is -0.921. The van der Waals surface area contributed by atoms with Gasteiger partial charge >= 0.3 is 0 Å². The molecule has 0 fully saturated rings. The summed E-state index contributed by atoms with van der Waals surface area (Å²) in [4.78, 5) is 12.0. The Morgan fingerprint density at radius 2 is 2.00 bits per heavy atom. The van der Waals surface area contributed by atoms with Gasteiger partial charge in [0.15, 0.2) is 0 Å². The molecule has 3 nitrogen and oxygen atoms in total. The largest absolute Gasteiger partial charge is 0.392 e. The average Bonchev–Trinajstić information content (AvgIpc) is 2.42. The number of anilines is 1.